The lowest BCUT2D eigenvalue weighted by Crippen LogP contribution is -2.47. The van der Waals surface area contributed by atoms with E-state index in [0.717, 1.165) is 5.56 Å². The summed E-state index contributed by atoms with van der Waals surface area (Å²) < 4.78 is 11.0. The minimum Gasteiger partial charge on any atom is -0.390 e. The fraction of sp³-hybridized carbons (Fsp3) is 0.538. The van der Waals surface area contributed by atoms with Crippen LogP contribution in [0.2, 0.25) is 0 Å². The quantitative estimate of drug-likeness (QED) is 0.831. The standard InChI is InChI=1S/C13H18O4/c1-2-10(14)12-11(15)8-16-13(17-12)9-6-4-3-5-7-9/h3-7,10-15H,2,8H2,1H3/t10-,11-,12-,13+/m1/s1. The van der Waals surface area contributed by atoms with Crippen molar-refractivity contribution in [2.24, 2.45) is 0 Å². The number of rotatable bonds is 3. The van der Waals surface area contributed by atoms with Crippen molar-refractivity contribution in [1.82, 2.24) is 0 Å². The Morgan fingerprint density at radius 2 is 2.06 bits per heavy atom. The largest absolute Gasteiger partial charge is 0.390 e. The Balaban J connectivity index is 2.08. The van der Waals surface area contributed by atoms with Gasteiger partial charge in [-0.25, -0.2) is 0 Å². The predicted octanol–water partition coefficient (Wildman–Crippen LogP) is 1.23. The van der Waals surface area contributed by atoms with E-state index in [9.17, 15) is 10.2 Å². The van der Waals surface area contributed by atoms with Gasteiger partial charge in [-0.3, -0.25) is 0 Å². The minimum absolute atomic E-state index is 0.182. The first-order valence-electron chi connectivity index (χ1n) is 5.90. The summed E-state index contributed by atoms with van der Waals surface area (Å²) in [5, 5.41) is 19.5. The van der Waals surface area contributed by atoms with Crippen molar-refractivity contribution in [3.8, 4) is 0 Å². The van der Waals surface area contributed by atoms with Crippen LogP contribution in [0.3, 0.4) is 0 Å². The average Bonchev–Trinajstić information content (AvgIpc) is 2.39. The van der Waals surface area contributed by atoms with Gasteiger partial charge in [0.15, 0.2) is 6.29 Å². The maximum atomic E-state index is 9.78. The first-order chi connectivity index (χ1) is 8.22. The number of hydrogen-bond donors (Lipinski definition) is 2. The van der Waals surface area contributed by atoms with Gasteiger partial charge in [0, 0.05) is 5.56 Å². The van der Waals surface area contributed by atoms with Crippen molar-refractivity contribution in [2.75, 3.05) is 6.61 Å². The summed E-state index contributed by atoms with van der Waals surface area (Å²) in [6.07, 6.45) is -1.99. The molecule has 0 aliphatic carbocycles. The topological polar surface area (TPSA) is 58.9 Å². The van der Waals surface area contributed by atoms with Gasteiger partial charge in [-0.05, 0) is 6.42 Å². The molecule has 94 valence electrons. The molecule has 1 heterocycles. The molecule has 0 saturated carbocycles. The molecule has 0 radical (unpaired) electrons. The zero-order valence-electron chi connectivity index (χ0n) is 9.82. The molecule has 4 nitrogen and oxygen atoms in total. The second-order valence-electron chi connectivity index (χ2n) is 4.22. The van der Waals surface area contributed by atoms with Gasteiger partial charge in [0.25, 0.3) is 0 Å². The smallest absolute Gasteiger partial charge is 0.184 e. The summed E-state index contributed by atoms with van der Waals surface area (Å²) in [6.45, 7) is 2.04. The van der Waals surface area contributed by atoms with E-state index in [0.29, 0.717) is 6.42 Å². The number of aliphatic hydroxyl groups excluding tert-OH is 2. The van der Waals surface area contributed by atoms with E-state index in [1.165, 1.54) is 0 Å². The van der Waals surface area contributed by atoms with E-state index in [1.54, 1.807) is 0 Å². The lowest BCUT2D eigenvalue weighted by atomic mass is 10.0. The minimum atomic E-state index is -0.773. The maximum Gasteiger partial charge on any atom is 0.184 e. The Hall–Kier alpha value is -0.940. The SMILES string of the molecule is CC[C@@H](O)[C@H]1O[C@@H](c2ccccc2)OC[C@H]1O. The highest BCUT2D eigenvalue weighted by molar-refractivity contribution is 5.16. The van der Waals surface area contributed by atoms with Crippen LogP contribution in [-0.2, 0) is 9.47 Å². The molecule has 1 aliphatic heterocycles. The van der Waals surface area contributed by atoms with Gasteiger partial charge in [-0.15, -0.1) is 0 Å². The van der Waals surface area contributed by atoms with Gasteiger partial charge in [0.1, 0.15) is 12.2 Å². The molecular weight excluding hydrogens is 220 g/mol. The van der Waals surface area contributed by atoms with Crippen molar-refractivity contribution < 1.29 is 19.7 Å². The third-order valence-corrected chi connectivity index (χ3v) is 2.95. The van der Waals surface area contributed by atoms with Crippen LogP contribution in [0.1, 0.15) is 25.2 Å². The molecule has 17 heavy (non-hydrogen) atoms. The molecular formula is C13H18O4. The van der Waals surface area contributed by atoms with Crippen LogP contribution in [0.25, 0.3) is 0 Å². The summed E-state index contributed by atoms with van der Waals surface area (Å²) in [6, 6.07) is 9.52. The third-order valence-electron chi connectivity index (χ3n) is 2.95. The van der Waals surface area contributed by atoms with Gasteiger partial charge in [-0.2, -0.15) is 0 Å². The first kappa shape index (κ1) is 12.5. The molecule has 0 amide bonds. The Morgan fingerprint density at radius 3 is 2.71 bits per heavy atom. The van der Waals surface area contributed by atoms with Crippen LogP contribution < -0.4 is 0 Å². The van der Waals surface area contributed by atoms with Crippen LogP contribution in [0.15, 0.2) is 30.3 Å². The van der Waals surface area contributed by atoms with E-state index in [-0.39, 0.29) is 6.61 Å². The molecule has 0 spiro atoms. The molecule has 1 aromatic rings. The zero-order chi connectivity index (χ0) is 12.3. The van der Waals surface area contributed by atoms with E-state index < -0.39 is 24.6 Å². The van der Waals surface area contributed by atoms with Crippen LogP contribution in [0.4, 0.5) is 0 Å². The second kappa shape index (κ2) is 5.60. The summed E-state index contributed by atoms with van der Waals surface area (Å²) in [5.74, 6) is 0. The van der Waals surface area contributed by atoms with Crippen molar-refractivity contribution >= 4 is 0 Å². The summed E-state index contributed by atoms with van der Waals surface area (Å²) in [4.78, 5) is 0. The van der Waals surface area contributed by atoms with Crippen molar-refractivity contribution in [2.45, 2.75) is 37.9 Å². The van der Waals surface area contributed by atoms with Gasteiger partial charge < -0.3 is 19.7 Å². The highest BCUT2D eigenvalue weighted by atomic mass is 16.7. The van der Waals surface area contributed by atoms with Crippen LogP contribution in [-0.4, -0.2) is 35.1 Å². The maximum absolute atomic E-state index is 9.78. The lowest BCUT2D eigenvalue weighted by molar-refractivity contribution is -0.275. The van der Waals surface area contributed by atoms with Gasteiger partial charge in [0.2, 0.25) is 0 Å². The van der Waals surface area contributed by atoms with Gasteiger partial charge >= 0.3 is 0 Å². The molecule has 1 saturated heterocycles. The van der Waals surface area contributed by atoms with Gasteiger partial charge in [0.05, 0.1) is 12.7 Å². The van der Waals surface area contributed by atoms with E-state index >= 15 is 0 Å². The third kappa shape index (κ3) is 2.84. The average molecular weight is 238 g/mol. The molecule has 0 unspecified atom stereocenters. The number of ether oxygens (including phenoxy) is 2. The molecule has 2 N–H and O–H groups in total. The fourth-order valence-corrected chi connectivity index (χ4v) is 1.92. The highest BCUT2D eigenvalue weighted by Gasteiger charge is 2.35. The Morgan fingerprint density at radius 1 is 1.35 bits per heavy atom. The van der Waals surface area contributed by atoms with Gasteiger partial charge in [-0.1, -0.05) is 37.3 Å². The molecule has 1 aromatic carbocycles. The summed E-state index contributed by atoms with van der Waals surface area (Å²) in [7, 11) is 0. The summed E-state index contributed by atoms with van der Waals surface area (Å²) in [5.41, 5.74) is 0.896. The van der Waals surface area contributed by atoms with Crippen LogP contribution in [0.5, 0.6) is 0 Å². The van der Waals surface area contributed by atoms with E-state index in [4.69, 9.17) is 9.47 Å². The highest BCUT2D eigenvalue weighted by Crippen LogP contribution is 2.28. The zero-order valence-corrected chi connectivity index (χ0v) is 9.82. The van der Waals surface area contributed by atoms with Crippen LogP contribution in [0, 0.1) is 0 Å². The first-order valence-corrected chi connectivity index (χ1v) is 5.90. The Kier molecular flexibility index (Phi) is 4.12. The Labute approximate surface area is 101 Å². The van der Waals surface area contributed by atoms with E-state index in [1.807, 2.05) is 37.3 Å². The molecule has 4 heteroatoms. The molecule has 1 fully saturated rings. The normalized spacial score (nSPS) is 31.1. The summed E-state index contributed by atoms with van der Waals surface area (Å²) >= 11 is 0. The second-order valence-corrected chi connectivity index (χ2v) is 4.22. The number of aliphatic hydroxyl groups is 2. The Bertz CT molecular complexity index is 337. The molecule has 0 aromatic heterocycles. The van der Waals surface area contributed by atoms with Crippen molar-refractivity contribution in [3.63, 3.8) is 0 Å². The van der Waals surface area contributed by atoms with Crippen molar-refractivity contribution in [1.29, 1.82) is 0 Å². The van der Waals surface area contributed by atoms with Crippen molar-refractivity contribution in [3.05, 3.63) is 35.9 Å². The molecule has 0 bridgehead atoms. The predicted molar refractivity (Wildman–Crippen MR) is 62.3 cm³/mol. The monoisotopic (exact) mass is 238 g/mol. The van der Waals surface area contributed by atoms with Crippen LogP contribution >= 0.6 is 0 Å². The fourth-order valence-electron chi connectivity index (χ4n) is 1.92. The molecule has 4 atom stereocenters. The molecule has 1 aliphatic rings. The van der Waals surface area contributed by atoms with E-state index in [2.05, 4.69) is 0 Å². The number of hydrogen-bond acceptors (Lipinski definition) is 4. The lowest BCUT2D eigenvalue weighted by Gasteiger charge is -2.36. The number of benzene rings is 1. The molecule has 2 rings (SSSR count).